The predicted octanol–water partition coefficient (Wildman–Crippen LogP) is 1.61. The van der Waals surface area contributed by atoms with Crippen LogP contribution < -0.4 is 4.74 Å². The second-order valence-electron chi connectivity index (χ2n) is 2.56. The Labute approximate surface area is 80.5 Å². The molecule has 3 nitrogen and oxygen atoms in total. The minimum absolute atomic E-state index is 0.0287. The molecule has 1 aromatic carbocycles. The predicted molar refractivity (Wildman–Crippen MR) is 48.0 cm³/mol. The van der Waals surface area contributed by atoms with Crippen LogP contribution in [-0.4, -0.2) is 18.7 Å². The van der Waals surface area contributed by atoms with Crippen LogP contribution in [0.4, 0.5) is 4.39 Å². The van der Waals surface area contributed by atoms with Crippen LogP contribution in [0.15, 0.2) is 18.2 Å². The molecule has 0 N–H and O–H groups in total. The molecule has 0 atom stereocenters. The van der Waals surface area contributed by atoms with Gasteiger partial charge >= 0.3 is 0 Å². The molecule has 0 amide bonds. The number of hydrogen-bond donors (Lipinski definition) is 0. The average Bonchev–Trinajstić information content (AvgIpc) is 2.20. The van der Waals surface area contributed by atoms with Gasteiger partial charge in [-0.3, -0.25) is 9.59 Å². The molecule has 0 unspecified atom stereocenters. The number of carbonyl (C=O) groups is 2. The van der Waals surface area contributed by atoms with E-state index in [0.29, 0.717) is 6.61 Å². The van der Waals surface area contributed by atoms with E-state index in [1.807, 2.05) is 0 Å². The van der Waals surface area contributed by atoms with Gasteiger partial charge in [-0.05, 0) is 25.1 Å². The van der Waals surface area contributed by atoms with Crippen molar-refractivity contribution in [3.8, 4) is 5.75 Å². The van der Waals surface area contributed by atoms with E-state index in [1.165, 1.54) is 12.1 Å². The number of ketones is 1. The first-order valence-corrected chi connectivity index (χ1v) is 4.11. The molecule has 0 aliphatic carbocycles. The van der Waals surface area contributed by atoms with Gasteiger partial charge in [-0.25, -0.2) is 4.39 Å². The van der Waals surface area contributed by atoms with Gasteiger partial charge in [0.15, 0.2) is 17.9 Å². The van der Waals surface area contributed by atoms with Crippen molar-refractivity contribution in [1.82, 2.24) is 0 Å². The number of hydrogen-bond acceptors (Lipinski definition) is 3. The Morgan fingerprint density at radius 3 is 2.79 bits per heavy atom. The summed E-state index contributed by atoms with van der Waals surface area (Å²) in [5.74, 6) is -1.30. The van der Waals surface area contributed by atoms with Gasteiger partial charge in [0.05, 0.1) is 6.61 Å². The Kier molecular flexibility index (Phi) is 3.34. The van der Waals surface area contributed by atoms with Crippen LogP contribution in [0.25, 0.3) is 0 Å². The molecule has 14 heavy (non-hydrogen) atoms. The fourth-order valence-corrected chi connectivity index (χ4v) is 0.995. The van der Waals surface area contributed by atoms with Crippen LogP contribution in [0.1, 0.15) is 17.3 Å². The van der Waals surface area contributed by atoms with Crippen LogP contribution in [0.2, 0.25) is 0 Å². The molecule has 1 rings (SSSR count). The summed E-state index contributed by atoms with van der Waals surface area (Å²) < 4.78 is 18.1. The minimum Gasteiger partial charge on any atom is -0.491 e. The Morgan fingerprint density at radius 2 is 2.29 bits per heavy atom. The molecule has 4 heteroatoms. The number of aldehydes is 1. The van der Waals surface area contributed by atoms with E-state index in [4.69, 9.17) is 4.74 Å². The van der Waals surface area contributed by atoms with Crippen LogP contribution >= 0.6 is 0 Å². The summed E-state index contributed by atoms with van der Waals surface area (Å²) in [7, 11) is 0. The van der Waals surface area contributed by atoms with E-state index >= 15 is 0 Å². The average molecular weight is 196 g/mol. The summed E-state index contributed by atoms with van der Waals surface area (Å²) in [6.45, 7) is 2.07. The standard InChI is InChI=1S/C10H9FO3/c1-2-14-10-4-3-7(5-8(10)11)9(13)6-12/h3-6H,2H2,1H3. The smallest absolute Gasteiger partial charge is 0.225 e. The van der Waals surface area contributed by atoms with E-state index in [1.54, 1.807) is 6.92 Å². The van der Waals surface area contributed by atoms with E-state index in [2.05, 4.69) is 0 Å². The van der Waals surface area contributed by atoms with Crippen molar-refractivity contribution in [2.24, 2.45) is 0 Å². The van der Waals surface area contributed by atoms with E-state index in [-0.39, 0.29) is 17.6 Å². The molecule has 0 saturated heterocycles. The number of halogens is 1. The second-order valence-corrected chi connectivity index (χ2v) is 2.56. The maximum Gasteiger partial charge on any atom is 0.225 e. The minimum atomic E-state index is -0.744. The normalized spacial score (nSPS) is 9.57. The molecule has 0 fully saturated rings. The third-order valence-electron chi connectivity index (χ3n) is 1.62. The molecule has 1 aromatic rings. The Hall–Kier alpha value is -1.71. The summed E-state index contributed by atoms with van der Waals surface area (Å²) in [5, 5.41) is 0. The molecule has 0 spiro atoms. The molecule has 0 saturated carbocycles. The van der Waals surface area contributed by atoms with Crippen LogP contribution in [-0.2, 0) is 4.79 Å². The first-order valence-electron chi connectivity index (χ1n) is 4.11. The summed E-state index contributed by atoms with van der Waals surface area (Å²) in [4.78, 5) is 21.0. The highest BCUT2D eigenvalue weighted by Gasteiger charge is 2.08. The Balaban J connectivity index is 2.99. The lowest BCUT2D eigenvalue weighted by Crippen LogP contribution is -2.02. The maximum absolute atomic E-state index is 13.1. The first kappa shape index (κ1) is 10.4. The van der Waals surface area contributed by atoms with Crippen molar-refractivity contribution in [3.63, 3.8) is 0 Å². The maximum atomic E-state index is 13.1. The van der Waals surface area contributed by atoms with Gasteiger partial charge in [-0.2, -0.15) is 0 Å². The Morgan fingerprint density at radius 1 is 1.57 bits per heavy atom. The molecule has 0 aliphatic heterocycles. The second kappa shape index (κ2) is 4.50. The van der Waals surface area contributed by atoms with Gasteiger partial charge in [0.1, 0.15) is 0 Å². The zero-order valence-corrected chi connectivity index (χ0v) is 7.62. The van der Waals surface area contributed by atoms with Gasteiger partial charge in [-0.1, -0.05) is 0 Å². The van der Waals surface area contributed by atoms with Gasteiger partial charge in [0.2, 0.25) is 5.78 Å². The summed E-state index contributed by atoms with van der Waals surface area (Å²) in [5.41, 5.74) is 0.0287. The monoisotopic (exact) mass is 196 g/mol. The van der Waals surface area contributed by atoms with Gasteiger partial charge in [0, 0.05) is 5.56 Å². The summed E-state index contributed by atoms with van der Waals surface area (Å²) in [6.07, 6.45) is 0.148. The number of ether oxygens (including phenoxy) is 1. The number of rotatable bonds is 4. The highest BCUT2D eigenvalue weighted by atomic mass is 19.1. The number of benzene rings is 1. The fourth-order valence-electron chi connectivity index (χ4n) is 0.995. The molecule has 0 bridgehead atoms. The van der Waals surface area contributed by atoms with Crippen molar-refractivity contribution >= 4 is 12.1 Å². The lowest BCUT2D eigenvalue weighted by molar-refractivity contribution is -0.104. The van der Waals surface area contributed by atoms with Gasteiger partial charge in [0.25, 0.3) is 0 Å². The van der Waals surface area contributed by atoms with Crippen molar-refractivity contribution in [2.45, 2.75) is 6.92 Å². The first-order chi connectivity index (χ1) is 6.69. The zero-order valence-electron chi connectivity index (χ0n) is 7.62. The molecular weight excluding hydrogens is 187 g/mol. The Bertz CT molecular complexity index is 360. The quantitative estimate of drug-likeness (QED) is 0.417. The van der Waals surface area contributed by atoms with Crippen molar-refractivity contribution < 1.29 is 18.7 Å². The van der Waals surface area contributed by atoms with Crippen LogP contribution in [0.3, 0.4) is 0 Å². The molecule has 0 aromatic heterocycles. The zero-order chi connectivity index (χ0) is 10.6. The fraction of sp³-hybridized carbons (Fsp3) is 0.200. The number of carbonyl (C=O) groups excluding carboxylic acids is 2. The van der Waals surface area contributed by atoms with Gasteiger partial charge in [-0.15, -0.1) is 0 Å². The van der Waals surface area contributed by atoms with E-state index in [9.17, 15) is 14.0 Å². The van der Waals surface area contributed by atoms with E-state index < -0.39 is 11.6 Å². The molecule has 0 radical (unpaired) electrons. The highest BCUT2D eigenvalue weighted by molar-refractivity contribution is 6.33. The molecular formula is C10H9FO3. The topological polar surface area (TPSA) is 43.4 Å². The molecule has 74 valence electrons. The third-order valence-corrected chi connectivity index (χ3v) is 1.62. The molecule has 0 aliphatic rings. The largest absolute Gasteiger partial charge is 0.491 e. The summed E-state index contributed by atoms with van der Waals surface area (Å²) in [6, 6.07) is 3.67. The van der Waals surface area contributed by atoms with Crippen molar-refractivity contribution in [2.75, 3.05) is 6.61 Å². The lowest BCUT2D eigenvalue weighted by atomic mass is 10.1. The van der Waals surface area contributed by atoms with Crippen LogP contribution in [0, 0.1) is 5.82 Å². The van der Waals surface area contributed by atoms with Gasteiger partial charge < -0.3 is 4.74 Å². The van der Waals surface area contributed by atoms with Crippen molar-refractivity contribution in [3.05, 3.63) is 29.6 Å². The number of Topliss-reactive ketones (excluding diaryl/α,β-unsaturated/α-hetero) is 1. The highest BCUT2D eigenvalue weighted by Crippen LogP contribution is 2.18. The van der Waals surface area contributed by atoms with Crippen LogP contribution in [0.5, 0.6) is 5.75 Å². The van der Waals surface area contributed by atoms with Crippen molar-refractivity contribution in [1.29, 1.82) is 0 Å². The lowest BCUT2D eigenvalue weighted by Gasteiger charge is -2.04. The SMILES string of the molecule is CCOc1ccc(C(=O)C=O)cc1F. The third kappa shape index (κ3) is 2.16. The summed E-state index contributed by atoms with van der Waals surface area (Å²) >= 11 is 0. The van der Waals surface area contributed by atoms with E-state index in [0.717, 1.165) is 6.07 Å². The molecule has 0 heterocycles.